The molecule has 0 bridgehead atoms. The second-order valence-electron chi connectivity index (χ2n) is 5.70. The second-order valence-corrected chi connectivity index (χ2v) is 5.70. The minimum Gasteiger partial charge on any atom is -0.481 e. The molecule has 0 aliphatic carbocycles. The van der Waals surface area contributed by atoms with Gasteiger partial charge in [-0.3, -0.25) is 14.3 Å². The predicted molar refractivity (Wildman–Crippen MR) is 80.2 cm³/mol. The van der Waals surface area contributed by atoms with E-state index < -0.39 is 17.9 Å². The van der Waals surface area contributed by atoms with Gasteiger partial charge in [0.05, 0.1) is 5.92 Å². The normalized spacial score (nSPS) is 21.1. The van der Waals surface area contributed by atoms with Crippen LogP contribution in [0.4, 0.5) is 0 Å². The summed E-state index contributed by atoms with van der Waals surface area (Å²) in [5.74, 6) is -1.23. The molecule has 1 saturated heterocycles. The van der Waals surface area contributed by atoms with Gasteiger partial charge in [-0.2, -0.15) is 5.10 Å². The maximum atomic E-state index is 12.3. The van der Waals surface area contributed by atoms with Crippen LogP contribution in [0.3, 0.4) is 0 Å². The molecule has 2 atom stereocenters. The molecule has 0 saturated carbocycles. The van der Waals surface area contributed by atoms with E-state index in [1.165, 1.54) is 0 Å². The summed E-state index contributed by atoms with van der Waals surface area (Å²) in [6, 6.07) is 1.33. The zero-order valence-corrected chi connectivity index (χ0v) is 12.9. The van der Waals surface area contributed by atoms with Crippen LogP contribution in [0.15, 0.2) is 30.9 Å². The fourth-order valence-electron chi connectivity index (χ4n) is 3.09. The monoisotopic (exact) mass is 317 g/mol. The summed E-state index contributed by atoms with van der Waals surface area (Å²) in [5.41, 5.74) is 0. The van der Waals surface area contributed by atoms with E-state index in [2.05, 4.69) is 10.1 Å². The van der Waals surface area contributed by atoms with Crippen molar-refractivity contribution in [3.63, 3.8) is 0 Å². The highest BCUT2D eigenvalue weighted by atomic mass is 16.4. The average molecular weight is 317 g/mol. The molecule has 1 aliphatic heterocycles. The van der Waals surface area contributed by atoms with Crippen LogP contribution in [0.2, 0.25) is 0 Å². The van der Waals surface area contributed by atoms with E-state index in [1.807, 2.05) is 19.3 Å². The van der Waals surface area contributed by atoms with Crippen molar-refractivity contribution in [3.05, 3.63) is 36.7 Å². The van der Waals surface area contributed by atoms with E-state index in [1.54, 1.807) is 32.7 Å². The number of likely N-dealkylation sites (tertiary alicyclic amines) is 1. The second kappa shape index (κ2) is 6.23. The third-order valence-electron chi connectivity index (χ3n) is 4.22. The number of aryl methyl sites for hydroxylation is 2. The van der Waals surface area contributed by atoms with Crippen LogP contribution < -0.4 is 0 Å². The molecule has 8 heteroatoms. The quantitative estimate of drug-likeness (QED) is 0.845. The molecule has 1 fully saturated rings. The van der Waals surface area contributed by atoms with Crippen LogP contribution >= 0.6 is 0 Å². The summed E-state index contributed by atoms with van der Waals surface area (Å²) in [5, 5.41) is 13.6. The maximum absolute atomic E-state index is 12.3. The van der Waals surface area contributed by atoms with Crippen molar-refractivity contribution in [2.45, 2.75) is 25.4 Å². The van der Waals surface area contributed by atoms with Gasteiger partial charge in [-0.1, -0.05) is 0 Å². The van der Waals surface area contributed by atoms with Gasteiger partial charge in [0, 0.05) is 51.3 Å². The summed E-state index contributed by atoms with van der Waals surface area (Å²) in [4.78, 5) is 29.7. The number of hydrogen-bond donors (Lipinski definition) is 1. The number of rotatable bonds is 6. The minimum atomic E-state index is -0.957. The number of aliphatic carboxylic acids is 1. The number of aromatic nitrogens is 4. The number of nitrogens with zero attached hydrogens (tertiary/aromatic N) is 5. The van der Waals surface area contributed by atoms with E-state index in [0.717, 1.165) is 0 Å². The van der Waals surface area contributed by atoms with Crippen LogP contribution in [-0.2, 0) is 23.2 Å². The first-order valence-electron chi connectivity index (χ1n) is 7.55. The van der Waals surface area contributed by atoms with Crippen LogP contribution in [0.5, 0.6) is 0 Å². The molecule has 3 heterocycles. The van der Waals surface area contributed by atoms with Gasteiger partial charge >= 0.3 is 5.97 Å². The smallest absolute Gasteiger partial charge is 0.309 e. The zero-order valence-electron chi connectivity index (χ0n) is 12.9. The molecule has 3 rings (SSSR count). The van der Waals surface area contributed by atoms with Crippen molar-refractivity contribution in [3.8, 4) is 0 Å². The molecular weight excluding hydrogens is 298 g/mol. The molecule has 1 N–H and O–H groups in total. The van der Waals surface area contributed by atoms with Gasteiger partial charge in [0.2, 0.25) is 5.91 Å². The Kier molecular flexibility index (Phi) is 4.14. The lowest BCUT2D eigenvalue weighted by Gasteiger charge is -2.26. The average Bonchev–Trinajstić information content (AvgIpc) is 3.21. The van der Waals surface area contributed by atoms with Gasteiger partial charge in [0.25, 0.3) is 0 Å². The highest BCUT2D eigenvalue weighted by Gasteiger charge is 2.46. The topological polar surface area (TPSA) is 93.2 Å². The largest absolute Gasteiger partial charge is 0.481 e. The van der Waals surface area contributed by atoms with Crippen LogP contribution in [0, 0.1) is 5.92 Å². The lowest BCUT2D eigenvalue weighted by Crippen LogP contribution is -2.33. The fourth-order valence-corrected chi connectivity index (χ4v) is 3.09. The van der Waals surface area contributed by atoms with Crippen molar-refractivity contribution in [2.24, 2.45) is 13.0 Å². The first-order valence-corrected chi connectivity index (χ1v) is 7.55. The van der Waals surface area contributed by atoms with Crippen LogP contribution in [-0.4, -0.2) is 47.8 Å². The summed E-state index contributed by atoms with van der Waals surface area (Å²) in [6.45, 7) is 1.17. The first kappa shape index (κ1) is 15.3. The Morgan fingerprint density at radius 1 is 1.35 bits per heavy atom. The number of carboxylic acid groups (broad SMARTS) is 1. The molecule has 2 aromatic heterocycles. The Bertz CT molecular complexity index is 694. The Balaban J connectivity index is 1.77. The molecule has 0 spiro atoms. The van der Waals surface area contributed by atoms with Crippen molar-refractivity contribution in [1.82, 2.24) is 24.2 Å². The van der Waals surface area contributed by atoms with Crippen molar-refractivity contribution in [1.29, 1.82) is 0 Å². The molecular formula is C15H19N5O3. The Morgan fingerprint density at radius 3 is 2.78 bits per heavy atom. The molecule has 0 aromatic carbocycles. The van der Waals surface area contributed by atoms with Gasteiger partial charge < -0.3 is 14.6 Å². The molecule has 1 amide bonds. The molecule has 0 unspecified atom stereocenters. The number of amides is 1. The van der Waals surface area contributed by atoms with Crippen LogP contribution in [0.25, 0.3) is 0 Å². The third kappa shape index (κ3) is 2.96. The number of imidazole rings is 1. The standard InChI is InChI=1S/C15H19N5O3/c1-18-9-5-16-14(18)13-11(15(22)23)10-12(21)20(13)8-3-7-19-6-2-4-17-19/h2,4-6,9,11,13H,3,7-8,10H2,1H3,(H,22,23)/t11-,13+/m0/s1. The van der Waals surface area contributed by atoms with Gasteiger partial charge in [-0.15, -0.1) is 0 Å². The minimum absolute atomic E-state index is 0.0225. The van der Waals surface area contributed by atoms with E-state index in [-0.39, 0.29) is 12.3 Å². The summed E-state index contributed by atoms with van der Waals surface area (Å²) < 4.78 is 3.57. The molecule has 122 valence electrons. The lowest BCUT2D eigenvalue weighted by atomic mass is 10.00. The highest BCUT2D eigenvalue weighted by Crippen LogP contribution is 2.37. The Morgan fingerprint density at radius 2 is 2.17 bits per heavy atom. The highest BCUT2D eigenvalue weighted by molar-refractivity contribution is 5.87. The number of carbonyl (C=O) groups is 2. The van der Waals surface area contributed by atoms with E-state index in [4.69, 9.17) is 0 Å². The van der Waals surface area contributed by atoms with Gasteiger partial charge in [0.1, 0.15) is 11.9 Å². The van der Waals surface area contributed by atoms with Crippen molar-refractivity contribution >= 4 is 11.9 Å². The lowest BCUT2D eigenvalue weighted by molar-refractivity contribution is -0.142. The molecule has 8 nitrogen and oxygen atoms in total. The van der Waals surface area contributed by atoms with Gasteiger partial charge in [-0.25, -0.2) is 4.98 Å². The van der Waals surface area contributed by atoms with Crippen molar-refractivity contribution < 1.29 is 14.7 Å². The van der Waals surface area contributed by atoms with E-state index >= 15 is 0 Å². The molecule has 0 radical (unpaired) electrons. The predicted octanol–water partition coefficient (Wildman–Crippen LogP) is 0.681. The zero-order chi connectivity index (χ0) is 16.4. The van der Waals surface area contributed by atoms with Crippen LogP contribution in [0.1, 0.15) is 24.7 Å². The molecule has 23 heavy (non-hydrogen) atoms. The fraction of sp³-hybridized carbons (Fsp3) is 0.467. The first-order chi connectivity index (χ1) is 11.1. The Hall–Kier alpha value is -2.64. The number of carbonyl (C=O) groups excluding carboxylic acids is 1. The number of carboxylic acids is 1. The maximum Gasteiger partial charge on any atom is 0.309 e. The van der Waals surface area contributed by atoms with Gasteiger partial charge in [0.15, 0.2) is 0 Å². The van der Waals surface area contributed by atoms with E-state index in [0.29, 0.717) is 25.3 Å². The van der Waals surface area contributed by atoms with E-state index in [9.17, 15) is 14.7 Å². The number of hydrogen-bond acceptors (Lipinski definition) is 4. The third-order valence-corrected chi connectivity index (χ3v) is 4.22. The SMILES string of the molecule is Cn1ccnc1[C@H]1[C@@H](C(=O)O)CC(=O)N1CCCn1cccn1. The molecule has 1 aliphatic rings. The summed E-state index contributed by atoms with van der Waals surface area (Å²) in [6.07, 6.45) is 7.69. The Labute approximate surface area is 133 Å². The van der Waals surface area contributed by atoms with Crippen molar-refractivity contribution in [2.75, 3.05) is 6.54 Å². The summed E-state index contributed by atoms with van der Waals surface area (Å²) >= 11 is 0. The molecule has 2 aromatic rings. The summed E-state index contributed by atoms with van der Waals surface area (Å²) in [7, 11) is 1.81. The van der Waals surface area contributed by atoms with Gasteiger partial charge in [-0.05, 0) is 12.5 Å².